The third kappa shape index (κ3) is 4.20. The molecule has 0 aromatic heterocycles. The minimum Gasteiger partial charge on any atom is -0.282 e. The quantitative estimate of drug-likeness (QED) is 0.541. The molecule has 0 spiro atoms. The lowest BCUT2D eigenvalue weighted by molar-refractivity contribution is -0.114. The minimum atomic E-state index is -0.232. The van der Waals surface area contributed by atoms with Gasteiger partial charge in [0, 0.05) is 16.4 Å². The summed E-state index contributed by atoms with van der Waals surface area (Å²) in [6.07, 6.45) is 3.69. The number of para-hydroxylation sites is 1. The predicted molar refractivity (Wildman–Crippen MR) is 91.2 cm³/mol. The standard InChI is InChI=1S/C18H20ClNO/c1-6-10-14(4)17(15(5)19)18(21)20(13(2)3)16-11-8-7-9-12-16/h6-12H,2,5H2,1,3-4H3/b10-6-,17-14+. The van der Waals surface area contributed by atoms with Gasteiger partial charge in [0.1, 0.15) is 0 Å². The third-order valence-electron chi connectivity index (χ3n) is 2.90. The van der Waals surface area contributed by atoms with E-state index in [1.54, 1.807) is 6.92 Å². The molecule has 0 aliphatic heterocycles. The molecule has 1 amide bonds. The summed E-state index contributed by atoms with van der Waals surface area (Å²) < 4.78 is 0. The molecule has 1 rings (SSSR count). The van der Waals surface area contributed by atoms with E-state index >= 15 is 0 Å². The van der Waals surface area contributed by atoms with Crippen molar-refractivity contribution in [2.75, 3.05) is 4.90 Å². The molecule has 0 atom stereocenters. The van der Waals surface area contributed by atoms with Crippen molar-refractivity contribution in [2.24, 2.45) is 0 Å². The van der Waals surface area contributed by atoms with E-state index in [2.05, 4.69) is 13.2 Å². The number of rotatable bonds is 5. The Bertz CT molecular complexity index is 611. The summed E-state index contributed by atoms with van der Waals surface area (Å²) in [5.41, 5.74) is 2.53. The summed E-state index contributed by atoms with van der Waals surface area (Å²) in [5, 5.41) is 0.220. The molecule has 0 N–H and O–H groups in total. The number of anilines is 1. The van der Waals surface area contributed by atoms with Crippen LogP contribution < -0.4 is 4.90 Å². The molecule has 0 aliphatic rings. The van der Waals surface area contributed by atoms with Crippen molar-refractivity contribution in [1.82, 2.24) is 0 Å². The first kappa shape index (κ1) is 17.0. The van der Waals surface area contributed by atoms with Gasteiger partial charge >= 0.3 is 0 Å². The summed E-state index contributed by atoms with van der Waals surface area (Å²) in [4.78, 5) is 14.4. The van der Waals surface area contributed by atoms with Crippen LogP contribution in [-0.2, 0) is 4.79 Å². The lowest BCUT2D eigenvalue weighted by Gasteiger charge is -2.24. The Kier molecular flexibility index (Phi) is 6.19. The number of nitrogens with zero attached hydrogens (tertiary/aromatic N) is 1. The molecule has 0 aliphatic carbocycles. The van der Waals surface area contributed by atoms with Gasteiger partial charge < -0.3 is 0 Å². The lowest BCUT2D eigenvalue weighted by atomic mass is 10.1. The Morgan fingerprint density at radius 3 is 2.19 bits per heavy atom. The van der Waals surface area contributed by atoms with Crippen molar-refractivity contribution < 1.29 is 4.79 Å². The van der Waals surface area contributed by atoms with Gasteiger partial charge in [-0.3, -0.25) is 9.69 Å². The van der Waals surface area contributed by atoms with Gasteiger partial charge in [-0.2, -0.15) is 0 Å². The fraction of sp³-hybridized carbons (Fsp3) is 0.167. The van der Waals surface area contributed by atoms with Gasteiger partial charge in [0.15, 0.2) is 0 Å². The van der Waals surface area contributed by atoms with Crippen LogP contribution in [0.15, 0.2) is 77.5 Å². The number of amides is 1. The molecule has 0 fully saturated rings. The van der Waals surface area contributed by atoms with Crippen molar-refractivity contribution in [2.45, 2.75) is 20.8 Å². The molecule has 0 bridgehead atoms. The molecule has 0 saturated carbocycles. The van der Waals surface area contributed by atoms with E-state index in [4.69, 9.17) is 11.6 Å². The van der Waals surface area contributed by atoms with Gasteiger partial charge in [0.25, 0.3) is 5.91 Å². The molecule has 0 radical (unpaired) electrons. The van der Waals surface area contributed by atoms with E-state index in [0.717, 1.165) is 11.3 Å². The van der Waals surface area contributed by atoms with Gasteiger partial charge in [0.2, 0.25) is 0 Å². The fourth-order valence-electron chi connectivity index (χ4n) is 2.03. The Morgan fingerprint density at radius 2 is 1.76 bits per heavy atom. The number of carbonyl (C=O) groups excluding carboxylic acids is 1. The molecule has 2 nitrogen and oxygen atoms in total. The van der Waals surface area contributed by atoms with Crippen LogP contribution in [0.25, 0.3) is 0 Å². The SMILES string of the molecule is C=C(Cl)/C(C(=O)N(C(=C)C)c1ccccc1)=C(C)\C=C/C. The third-order valence-corrected chi connectivity index (χ3v) is 3.08. The number of hydrogen-bond donors (Lipinski definition) is 0. The lowest BCUT2D eigenvalue weighted by Crippen LogP contribution is -2.30. The number of benzene rings is 1. The number of carbonyl (C=O) groups is 1. The number of hydrogen-bond acceptors (Lipinski definition) is 1. The van der Waals surface area contributed by atoms with E-state index in [1.165, 1.54) is 4.90 Å². The zero-order chi connectivity index (χ0) is 16.0. The Hall–Kier alpha value is -2.06. The van der Waals surface area contributed by atoms with Crippen molar-refractivity contribution in [3.05, 3.63) is 77.5 Å². The minimum absolute atomic E-state index is 0.220. The van der Waals surface area contributed by atoms with Gasteiger partial charge in [-0.05, 0) is 38.5 Å². The van der Waals surface area contributed by atoms with Crippen LogP contribution in [0.5, 0.6) is 0 Å². The summed E-state index contributed by atoms with van der Waals surface area (Å²) in [7, 11) is 0. The summed E-state index contributed by atoms with van der Waals surface area (Å²) in [6, 6.07) is 9.35. The van der Waals surface area contributed by atoms with Crippen molar-refractivity contribution in [3.63, 3.8) is 0 Å². The van der Waals surface area contributed by atoms with E-state index in [0.29, 0.717) is 11.3 Å². The molecule has 1 aromatic carbocycles. The van der Waals surface area contributed by atoms with Crippen LogP contribution in [0, 0.1) is 0 Å². The normalized spacial score (nSPS) is 12.0. The van der Waals surface area contributed by atoms with Gasteiger partial charge in [-0.25, -0.2) is 0 Å². The highest BCUT2D eigenvalue weighted by Gasteiger charge is 2.23. The number of allylic oxidation sites excluding steroid dienone is 4. The van der Waals surface area contributed by atoms with Crippen molar-refractivity contribution >= 4 is 23.2 Å². The second-order valence-corrected chi connectivity index (χ2v) is 5.13. The van der Waals surface area contributed by atoms with E-state index in [-0.39, 0.29) is 10.9 Å². The zero-order valence-electron chi connectivity index (χ0n) is 12.7. The zero-order valence-corrected chi connectivity index (χ0v) is 13.4. The topological polar surface area (TPSA) is 20.3 Å². The summed E-state index contributed by atoms with van der Waals surface area (Å²) >= 11 is 6.04. The monoisotopic (exact) mass is 301 g/mol. The van der Waals surface area contributed by atoms with Crippen LogP contribution in [0.3, 0.4) is 0 Å². The largest absolute Gasteiger partial charge is 0.282 e. The maximum absolute atomic E-state index is 12.9. The molecular weight excluding hydrogens is 282 g/mol. The first-order valence-corrected chi connectivity index (χ1v) is 7.01. The van der Waals surface area contributed by atoms with E-state index < -0.39 is 0 Å². The van der Waals surface area contributed by atoms with Gasteiger partial charge in [-0.15, -0.1) is 0 Å². The van der Waals surface area contributed by atoms with Crippen molar-refractivity contribution in [1.29, 1.82) is 0 Å². The van der Waals surface area contributed by atoms with E-state index in [1.807, 2.05) is 56.3 Å². The second-order valence-electron chi connectivity index (χ2n) is 4.67. The summed E-state index contributed by atoms with van der Waals surface area (Å²) in [5.74, 6) is -0.232. The fourth-order valence-corrected chi connectivity index (χ4v) is 2.26. The highest BCUT2D eigenvalue weighted by Crippen LogP contribution is 2.26. The van der Waals surface area contributed by atoms with Crippen molar-refractivity contribution in [3.8, 4) is 0 Å². The van der Waals surface area contributed by atoms with Gasteiger partial charge in [-0.1, -0.05) is 55.1 Å². The molecular formula is C18H20ClNO. The Balaban J connectivity index is 3.38. The van der Waals surface area contributed by atoms with Crippen LogP contribution >= 0.6 is 11.6 Å². The molecule has 0 heterocycles. The molecule has 0 unspecified atom stereocenters. The Morgan fingerprint density at radius 1 is 1.19 bits per heavy atom. The average Bonchev–Trinajstić information content (AvgIpc) is 2.39. The van der Waals surface area contributed by atoms with Crippen LogP contribution in [-0.4, -0.2) is 5.91 Å². The van der Waals surface area contributed by atoms with E-state index in [9.17, 15) is 4.79 Å². The van der Waals surface area contributed by atoms with Crippen LogP contribution in [0.1, 0.15) is 20.8 Å². The number of halogens is 1. The molecule has 0 saturated heterocycles. The average molecular weight is 302 g/mol. The molecule has 3 heteroatoms. The molecule has 110 valence electrons. The summed E-state index contributed by atoms with van der Waals surface area (Å²) in [6.45, 7) is 13.1. The highest BCUT2D eigenvalue weighted by atomic mass is 35.5. The van der Waals surface area contributed by atoms with Gasteiger partial charge in [0.05, 0.1) is 5.57 Å². The van der Waals surface area contributed by atoms with Crippen LogP contribution in [0.2, 0.25) is 0 Å². The first-order valence-electron chi connectivity index (χ1n) is 6.63. The van der Waals surface area contributed by atoms with Crippen LogP contribution in [0.4, 0.5) is 5.69 Å². The Labute approximate surface area is 131 Å². The maximum atomic E-state index is 12.9. The maximum Gasteiger partial charge on any atom is 0.264 e. The first-order chi connectivity index (χ1) is 9.90. The smallest absolute Gasteiger partial charge is 0.264 e. The molecule has 21 heavy (non-hydrogen) atoms. The highest BCUT2D eigenvalue weighted by molar-refractivity contribution is 6.36. The predicted octanol–water partition coefficient (Wildman–Crippen LogP) is 5.20. The molecule has 1 aromatic rings. The second kappa shape index (κ2) is 7.65.